The highest BCUT2D eigenvalue weighted by Crippen LogP contribution is 2.27. The second-order valence-electron chi connectivity index (χ2n) is 5.17. The zero-order chi connectivity index (χ0) is 17.1. The fourth-order valence-electron chi connectivity index (χ4n) is 2.39. The van der Waals surface area contributed by atoms with Crippen molar-refractivity contribution in [2.24, 2.45) is 7.05 Å². The lowest BCUT2D eigenvalue weighted by Gasteiger charge is -2.07. The van der Waals surface area contributed by atoms with Crippen LogP contribution < -0.4 is 5.32 Å². The van der Waals surface area contributed by atoms with Crippen LogP contribution in [0.3, 0.4) is 0 Å². The van der Waals surface area contributed by atoms with Gasteiger partial charge in [-0.05, 0) is 0 Å². The van der Waals surface area contributed by atoms with E-state index in [2.05, 4.69) is 15.4 Å². The van der Waals surface area contributed by atoms with E-state index >= 15 is 0 Å². The van der Waals surface area contributed by atoms with Crippen LogP contribution in [0.15, 0.2) is 48.8 Å². The Labute approximate surface area is 143 Å². The zero-order valence-corrected chi connectivity index (χ0v) is 13.6. The summed E-state index contributed by atoms with van der Waals surface area (Å²) in [4.78, 5) is 14.6. The van der Waals surface area contributed by atoms with Gasteiger partial charge >= 0.3 is 5.69 Å². The SMILES string of the molecule is Cn1cc(CNc2ncc(Cl)cc2[N+](=O)[O-])c(-c2ccccc2)n1. The largest absolute Gasteiger partial charge is 0.360 e. The molecule has 0 saturated carbocycles. The minimum absolute atomic E-state index is 0.160. The summed E-state index contributed by atoms with van der Waals surface area (Å²) in [6, 6.07) is 11.0. The van der Waals surface area contributed by atoms with Crippen LogP contribution in [0.5, 0.6) is 0 Å². The van der Waals surface area contributed by atoms with Crippen LogP contribution in [0, 0.1) is 10.1 Å². The first-order valence-corrected chi connectivity index (χ1v) is 7.54. The number of anilines is 1. The molecule has 122 valence electrons. The minimum atomic E-state index is -0.511. The predicted octanol–water partition coefficient (Wildman–Crippen LogP) is 3.66. The highest BCUT2D eigenvalue weighted by molar-refractivity contribution is 6.30. The Kier molecular flexibility index (Phi) is 4.43. The highest BCUT2D eigenvalue weighted by Gasteiger charge is 2.17. The van der Waals surface area contributed by atoms with Crippen molar-refractivity contribution in [2.45, 2.75) is 6.54 Å². The van der Waals surface area contributed by atoms with Crippen molar-refractivity contribution in [3.63, 3.8) is 0 Å². The number of aromatic nitrogens is 3. The normalized spacial score (nSPS) is 10.6. The summed E-state index contributed by atoms with van der Waals surface area (Å²) in [6.45, 7) is 0.355. The number of rotatable bonds is 5. The van der Waals surface area contributed by atoms with E-state index in [9.17, 15) is 10.1 Å². The van der Waals surface area contributed by atoms with Gasteiger partial charge in [-0.3, -0.25) is 14.8 Å². The quantitative estimate of drug-likeness (QED) is 0.564. The molecule has 0 fully saturated rings. The standard InChI is InChI=1S/C16H14ClN5O2/c1-21-10-12(15(20-21)11-5-3-2-4-6-11)8-18-16-14(22(23)24)7-13(17)9-19-16/h2-7,9-10H,8H2,1H3,(H,18,19). The van der Waals surface area contributed by atoms with Crippen molar-refractivity contribution >= 4 is 23.1 Å². The second-order valence-corrected chi connectivity index (χ2v) is 5.61. The van der Waals surface area contributed by atoms with E-state index in [1.807, 2.05) is 43.6 Å². The van der Waals surface area contributed by atoms with Gasteiger partial charge in [0.15, 0.2) is 0 Å². The lowest BCUT2D eigenvalue weighted by atomic mass is 10.1. The molecule has 0 aliphatic carbocycles. The molecule has 7 nitrogen and oxygen atoms in total. The van der Waals surface area contributed by atoms with Crippen LogP contribution in [0.2, 0.25) is 5.02 Å². The fraction of sp³-hybridized carbons (Fsp3) is 0.125. The summed E-state index contributed by atoms with van der Waals surface area (Å²) in [5.74, 6) is 0.173. The van der Waals surface area contributed by atoms with E-state index in [1.54, 1.807) is 4.68 Å². The Morgan fingerprint density at radius 1 is 1.33 bits per heavy atom. The number of nitrogens with one attached hydrogen (secondary N) is 1. The van der Waals surface area contributed by atoms with E-state index in [0.29, 0.717) is 6.54 Å². The van der Waals surface area contributed by atoms with Crippen LogP contribution in [-0.2, 0) is 13.6 Å². The second kappa shape index (κ2) is 6.67. The van der Waals surface area contributed by atoms with Crippen molar-refractivity contribution < 1.29 is 4.92 Å². The number of nitrogens with zero attached hydrogens (tertiary/aromatic N) is 4. The molecule has 3 aromatic rings. The molecular weight excluding hydrogens is 330 g/mol. The molecule has 0 unspecified atom stereocenters. The van der Waals surface area contributed by atoms with Gasteiger partial charge in [-0.25, -0.2) is 4.98 Å². The maximum Gasteiger partial charge on any atom is 0.312 e. The topological polar surface area (TPSA) is 85.9 Å². The molecule has 0 aliphatic heterocycles. The van der Waals surface area contributed by atoms with Crippen LogP contribution in [0.1, 0.15) is 5.56 Å². The van der Waals surface area contributed by atoms with Crippen LogP contribution in [0.4, 0.5) is 11.5 Å². The van der Waals surface area contributed by atoms with Crippen LogP contribution in [0.25, 0.3) is 11.3 Å². The third kappa shape index (κ3) is 3.36. The first-order valence-electron chi connectivity index (χ1n) is 7.16. The Morgan fingerprint density at radius 3 is 2.79 bits per heavy atom. The van der Waals surface area contributed by atoms with Gasteiger partial charge in [-0.2, -0.15) is 5.10 Å². The van der Waals surface area contributed by atoms with Crippen LogP contribution >= 0.6 is 11.6 Å². The summed E-state index contributed by atoms with van der Waals surface area (Å²) in [6.07, 6.45) is 3.25. The molecule has 0 bridgehead atoms. The Hall–Kier alpha value is -2.93. The molecule has 3 rings (SSSR count). The summed E-state index contributed by atoms with van der Waals surface area (Å²) in [5, 5.41) is 18.8. The third-order valence-electron chi connectivity index (χ3n) is 3.43. The number of aryl methyl sites for hydroxylation is 1. The number of hydrogen-bond acceptors (Lipinski definition) is 5. The molecule has 1 aromatic carbocycles. The summed E-state index contributed by atoms with van der Waals surface area (Å²) in [5.41, 5.74) is 2.55. The molecule has 0 aliphatic rings. The van der Waals surface area contributed by atoms with Gasteiger partial charge in [0.1, 0.15) is 0 Å². The van der Waals surface area contributed by atoms with E-state index in [4.69, 9.17) is 11.6 Å². The summed E-state index contributed by atoms with van der Waals surface area (Å²) >= 11 is 5.78. The lowest BCUT2D eigenvalue weighted by Crippen LogP contribution is -2.05. The van der Waals surface area contributed by atoms with Crippen molar-refractivity contribution in [3.8, 4) is 11.3 Å². The first-order chi connectivity index (χ1) is 11.5. The molecule has 1 N–H and O–H groups in total. The van der Waals surface area contributed by atoms with Gasteiger partial charge < -0.3 is 5.32 Å². The summed E-state index contributed by atoms with van der Waals surface area (Å²) < 4.78 is 1.71. The molecule has 0 atom stereocenters. The maximum atomic E-state index is 11.1. The van der Waals surface area contributed by atoms with E-state index in [0.717, 1.165) is 16.8 Å². The number of hydrogen-bond donors (Lipinski definition) is 1. The molecule has 2 aromatic heterocycles. The van der Waals surface area contributed by atoms with Crippen molar-refractivity contribution in [2.75, 3.05) is 5.32 Å². The lowest BCUT2D eigenvalue weighted by molar-refractivity contribution is -0.384. The molecular formula is C16H14ClN5O2. The molecule has 0 amide bonds. The number of nitro groups is 1. The van der Waals surface area contributed by atoms with E-state index in [1.165, 1.54) is 12.3 Å². The number of halogens is 1. The van der Waals surface area contributed by atoms with Crippen LogP contribution in [-0.4, -0.2) is 19.7 Å². The zero-order valence-electron chi connectivity index (χ0n) is 12.8. The van der Waals surface area contributed by atoms with Gasteiger partial charge in [0, 0.05) is 43.2 Å². The molecule has 24 heavy (non-hydrogen) atoms. The maximum absolute atomic E-state index is 11.1. The van der Waals surface area contributed by atoms with E-state index in [-0.39, 0.29) is 16.5 Å². The number of benzene rings is 1. The van der Waals surface area contributed by atoms with Crippen molar-refractivity contribution in [3.05, 3.63) is 69.5 Å². The Balaban J connectivity index is 1.88. The average molecular weight is 344 g/mol. The van der Waals surface area contributed by atoms with Crippen molar-refractivity contribution in [1.82, 2.24) is 14.8 Å². The van der Waals surface area contributed by atoms with Gasteiger partial charge in [0.05, 0.1) is 15.6 Å². The third-order valence-corrected chi connectivity index (χ3v) is 3.64. The smallest absolute Gasteiger partial charge is 0.312 e. The Morgan fingerprint density at radius 2 is 2.08 bits per heavy atom. The van der Waals surface area contributed by atoms with Gasteiger partial charge in [0.2, 0.25) is 5.82 Å². The van der Waals surface area contributed by atoms with Crippen molar-refractivity contribution in [1.29, 1.82) is 0 Å². The molecule has 2 heterocycles. The average Bonchev–Trinajstić information content (AvgIpc) is 2.95. The van der Waals surface area contributed by atoms with Gasteiger partial charge in [-0.1, -0.05) is 41.9 Å². The molecule has 0 saturated heterocycles. The van der Waals surface area contributed by atoms with Gasteiger partial charge in [0.25, 0.3) is 0 Å². The van der Waals surface area contributed by atoms with Gasteiger partial charge in [-0.15, -0.1) is 0 Å². The minimum Gasteiger partial charge on any atom is -0.360 e. The fourth-order valence-corrected chi connectivity index (χ4v) is 2.54. The summed E-state index contributed by atoms with van der Waals surface area (Å²) in [7, 11) is 1.83. The monoisotopic (exact) mass is 343 g/mol. The molecule has 0 radical (unpaired) electrons. The molecule has 0 spiro atoms. The first kappa shape index (κ1) is 15.9. The number of pyridine rings is 1. The predicted molar refractivity (Wildman–Crippen MR) is 91.9 cm³/mol. The van der Waals surface area contributed by atoms with E-state index < -0.39 is 4.92 Å². The Bertz CT molecular complexity index is 879. The molecule has 8 heteroatoms. The highest BCUT2D eigenvalue weighted by atomic mass is 35.5.